The largest absolute Gasteiger partial charge is 0.394 e. The highest BCUT2D eigenvalue weighted by atomic mass is 16.7. The van der Waals surface area contributed by atoms with Crippen molar-refractivity contribution in [3.8, 4) is 0 Å². The van der Waals surface area contributed by atoms with E-state index in [1.54, 1.807) is 6.08 Å². The van der Waals surface area contributed by atoms with Crippen LogP contribution in [-0.2, 0) is 14.3 Å². The summed E-state index contributed by atoms with van der Waals surface area (Å²) in [6, 6.07) is -0.831. The molecular weight excluding hydrogens is 983 g/mol. The fourth-order valence-electron chi connectivity index (χ4n) is 9.72. The number of carbonyl (C=O) groups excluding carboxylic acids is 1. The van der Waals surface area contributed by atoms with Crippen LogP contribution in [0.4, 0.5) is 0 Å². The first-order chi connectivity index (χ1) is 38.8. The second kappa shape index (κ2) is 58.1. The predicted octanol–water partition coefficient (Wildman–Crippen LogP) is 17.3. The molecule has 454 valence electrons. The number of aliphatic hydroxyl groups excluding tert-OH is 5. The number of hydrogen-bond acceptors (Lipinski definition) is 8. The van der Waals surface area contributed by atoms with Crippen molar-refractivity contribution in [1.82, 2.24) is 5.32 Å². The zero-order chi connectivity index (χ0) is 57.2. The second-order valence-corrected chi connectivity index (χ2v) is 22.2. The number of ether oxygens (including phenoxy) is 2. The van der Waals surface area contributed by atoms with Crippen molar-refractivity contribution >= 4 is 5.91 Å². The van der Waals surface area contributed by atoms with E-state index in [4.69, 9.17) is 9.47 Å². The van der Waals surface area contributed by atoms with Crippen LogP contribution in [0.1, 0.15) is 271 Å². The fourth-order valence-corrected chi connectivity index (χ4v) is 9.72. The summed E-state index contributed by atoms with van der Waals surface area (Å²) in [5.41, 5.74) is 0. The van der Waals surface area contributed by atoms with E-state index in [0.717, 1.165) is 89.9 Å². The maximum atomic E-state index is 13.1. The molecular formula is C70H121NO8. The van der Waals surface area contributed by atoms with E-state index >= 15 is 0 Å². The summed E-state index contributed by atoms with van der Waals surface area (Å²) in [5, 5.41) is 54.5. The van der Waals surface area contributed by atoms with Gasteiger partial charge in [-0.05, 0) is 96.3 Å². The molecule has 1 rings (SSSR count). The van der Waals surface area contributed by atoms with Gasteiger partial charge in [-0.15, -0.1) is 0 Å². The Morgan fingerprint density at radius 2 is 0.797 bits per heavy atom. The first-order valence-corrected chi connectivity index (χ1v) is 32.6. The molecule has 7 unspecified atom stereocenters. The molecule has 1 aliphatic rings. The molecule has 0 bridgehead atoms. The lowest BCUT2D eigenvalue weighted by molar-refractivity contribution is -0.302. The SMILES string of the molecule is CC/C=C\C/C=C\C/C=C\C/C=C\C/C=C\C/C=C\CCCCCCCCCCCCCCCCCCCCCCCCC(=O)NC(COC1OC(CO)C(O)C(O)C1O)C(O)/C=C/CC/C=C/CC/C=C/CCCCCCC. The summed E-state index contributed by atoms with van der Waals surface area (Å²) in [4.78, 5) is 13.1. The van der Waals surface area contributed by atoms with Crippen LogP contribution in [0.15, 0.2) is 109 Å². The molecule has 0 aromatic rings. The van der Waals surface area contributed by atoms with Crippen molar-refractivity contribution in [2.45, 2.75) is 314 Å². The van der Waals surface area contributed by atoms with Crippen LogP contribution >= 0.6 is 0 Å². The molecule has 9 heteroatoms. The fraction of sp³-hybridized carbons (Fsp3) is 0.729. The van der Waals surface area contributed by atoms with E-state index < -0.39 is 49.5 Å². The summed E-state index contributed by atoms with van der Waals surface area (Å²) in [5.74, 6) is -0.191. The lowest BCUT2D eigenvalue weighted by Crippen LogP contribution is -2.60. The number of aliphatic hydroxyl groups is 5. The van der Waals surface area contributed by atoms with Crippen molar-refractivity contribution in [2.24, 2.45) is 0 Å². The molecule has 0 aromatic carbocycles. The van der Waals surface area contributed by atoms with Gasteiger partial charge < -0.3 is 40.3 Å². The smallest absolute Gasteiger partial charge is 0.220 e. The standard InChI is InChI=1S/C70H121NO8/c1-3-5-7-9-11-13-15-17-19-20-21-22-23-24-25-26-27-28-29-30-31-32-33-34-35-36-37-38-39-40-41-42-43-44-46-48-50-52-54-56-58-60-66(74)71-63(62-78-70-69(77)68(76)67(75)65(61-72)79-70)64(73)59-57-55-53-51-49-47-45-18-16-14-12-10-8-6-4-2/h5,7,11,13,16-19,21-22,24-25,27-28,49,51,57,59,63-65,67-70,72-73,75-77H,3-4,6,8-10,12,14-15,20,23,26,29-48,50,52-56,58,60-62H2,1-2H3,(H,71,74)/b7-5-,13-11-,18-16+,19-17-,22-21-,25-24-,28-27-,51-49+,59-57+. The highest BCUT2D eigenvalue weighted by Crippen LogP contribution is 2.23. The lowest BCUT2D eigenvalue weighted by Gasteiger charge is -2.40. The minimum Gasteiger partial charge on any atom is -0.394 e. The third kappa shape index (κ3) is 47.1. The van der Waals surface area contributed by atoms with Crippen molar-refractivity contribution in [3.63, 3.8) is 0 Å². The van der Waals surface area contributed by atoms with E-state index in [1.165, 1.54) is 161 Å². The predicted molar refractivity (Wildman–Crippen MR) is 336 cm³/mol. The van der Waals surface area contributed by atoms with E-state index in [2.05, 4.69) is 116 Å². The highest BCUT2D eigenvalue weighted by Gasteiger charge is 2.44. The van der Waals surface area contributed by atoms with Gasteiger partial charge in [-0.1, -0.05) is 277 Å². The molecule has 1 saturated heterocycles. The zero-order valence-corrected chi connectivity index (χ0v) is 50.6. The van der Waals surface area contributed by atoms with Crippen molar-refractivity contribution < 1.29 is 39.8 Å². The number of nitrogens with one attached hydrogen (secondary N) is 1. The van der Waals surface area contributed by atoms with Gasteiger partial charge in [0.15, 0.2) is 6.29 Å². The number of unbranched alkanes of at least 4 members (excludes halogenated alkanes) is 29. The van der Waals surface area contributed by atoms with Gasteiger partial charge in [-0.2, -0.15) is 0 Å². The van der Waals surface area contributed by atoms with Crippen molar-refractivity contribution in [2.75, 3.05) is 13.2 Å². The molecule has 7 atom stereocenters. The number of amides is 1. The van der Waals surface area contributed by atoms with Crippen LogP contribution < -0.4 is 5.32 Å². The molecule has 1 aliphatic heterocycles. The average Bonchev–Trinajstić information content (AvgIpc) is 3.46. The van der Waals surface area contributed by atoms with Gasteiger partial charge in [0, 0.05) is 6.42 Å². The van der Waals surface area contributed by atoms with Crippen LogP contribution in [-0.4, -0.2) is 87.5 Å². The minimum absolute atomic E-state index is 0.191. The molecule has 0 saturated carbocycles. The molecule has 0 radical (unpaired) electrons. The topological polar surface area (TPSA) is 149 Å². The summed E-state index contributed by atoms with van der Waals surface area (Å²) in [6.07, 6.45) is 79.1. The summed E-state index contributed by atoms with van der Waals surface area (Å²) in [7, 11) is 0. The minimum atomic E-state index is -1.58. The Morgan fingerprint density at radius 1 is 0.443 bits per heavy atom. The van der Waals surface area contributed by atoms with Gasteiger partial charge in [0.05, 0.1) is 25.4 Å². The molecule has 1 fully saturated rings. The van der Waals surface area contributed by atoms with Gasteiger partial charge in [0.1, 0.15) is 24.4 Å². The van der Waals surface area contributed by atoms with E-state index in [-0.39, 0.29) is 12.5 Å². The van der Waals surface area contributed by atoms with E-state index in [0.29, 0.717) is 6.42 Å². The number of allylic oxidation sites excluding steroid dienone is 17. The normalized spacial score (nSPS) is 19.3. The number of rotatable bonds is 55. The van der Waals surface area contributed by atoms with Gasteiger partial charge in [0.2, 0.25) is 5.91 Å². The van der Waals surface area contributed by atoms with E-state index in [1.807, 2.05) is 6.08 Å². The van der Waals surface area contributed by atoms with Crippen LogP contribution in [0, 0.1) is 0 Å². The number of hydrogen-bond donors (Lipinski definition) is 6. The van der Waals surface area contributed by atoms with Crippen molar-refractivity contribution in [1.29, 1.82) is 0 Å². The van der Waals surface area contributed by atoms with Crippen molar-refractivity contribution in [3.05, 3.63) is 109 Å². The quantitative estimate of drug-likeness (QED) is 0.0261. The molecule has 0 spiro atoms. The van der Waals surface area contributed by atoms with Gasteiger partial charge in [0.25, 0.3) is 0 Å². The van der Waals surface area contributed by atoms with Gasteiger partial charge in [-0.25, -0.2) is 0 Å². The summed E-state index contributed by atoms with van der Waals surface area (Å²) >= 11 is 0. The Balaban J connectivity index is 2.07. The molecule has 6 N–H and O–H groups in total. The Labute approximate surface area is 485 Å². The Kier molecular flexibility index (Phi) is 54.3. The summed E-state index contributed by atoms with van der Waals surface area (Å²) < 4.78 is 11.3. The molecule has 1 amide bonds. The van der Waals surface area contributed by atoms with Gasteiger partial charge >= 0.3 is 0 Å². The first-order valence-electron chi connectivity index (χ1n) is 32.6. The van der Waals surface area contributed by atoms with Crippen LogP contribution in [0.2, 0.25) is 0 Å². The highest BCUT2D eigenvalue weighted by molar-refractivity contribution is 5.76. The number of carbonyl (C=O) groups is 1. The average molecular weight is 1100 g/mol. The first kappa shape index (κ1) is 73.9. The molecule has 0 aromatic heterocycles. The maximum Gasteiger partial charge on any atom is 0.220 e. The van der Waals surface area contributed by atoms with E-state index in [9.17, 15) is 30.3 Å². The maximum absolute atomic E-state index is 13.1. The third-order valence-corrected chi connectivity index (χ3v) is 14.8. The third-order valence-electron chi connectivity index (χ3n) is 14.8. The second-order valence-electron chi connectivity index (χ2n) is 22.2. The molecule has 0 aliphatic carbocycles. The molecule has 79 heavy (non-hydrogen) atoms. The van der Waals surface area contributed by atoms with Gasteiger partial charge in [-0.3, -0.25) is 4.79 Å². The molecule has 9 nitrogen and oxygen atoms in total. The molecule has 1 heterocycles. The Hall–Kier alpha value is -3.15. The Bertz CT molecular complexity index is 1610. The van der Waals surface area contributed by atoms with Crippen LogP contribution in [0.25, 0.3) is 0 Å². The van der Waals surface area contributed by atoms with Crippen LogP contribution in [0.5, 0.6) is 0 Å². The summed E-state index contributed by atoms with van der Waals surface area (Å²) in [6.45, 7) is 3.63. The monoisotopic (exact) mass is 1100 g/mol. The Morgan fingerprint density at radius 3 is 1.22 bits per heavy atom. The van der Waals surface area contributed by atoms with Crippen LogP contribution in [0.3, 0.4) is 0 Å². The zero-order valence-electron chi connectivity index (χ0n) is 50.6. The lowest BCUT2D eigenvalue weighted by atomic mass is 9.99.